The van der Waals surface area contributed by atoms with Crippen molar-refractivity contribution in [2.75, 3.05) is 25.1 Å². The number of aliphatic hydroxyl groups excluding tert-OH is 1. The van der Waals surface area contributed by atoms with Crippen molar-refractivity contribution < 1.29 is 14.2 Å². The number of anilines is 1. The molecule has 0 radical (unpaired) electrons. The zero-order valence-electron chi connectivity index (χ0n) is 11.7. The van der Waals surface area contributed by atoms with E-state index in [0.29, 0.717) is 18.2 Å². The van der Waals surface area contributed by atoms with Gasteiger partial charge in [-0.2, -0.15) is 5.10 Å². The molecule has 1 heterocycles. The molecule has 21 heavy (non-hydrogen) atoms. The van der Waals surface area contributed by atoms with Gasteiger partial charge in [-0.15, -0.1) is 5.10 Å². The molecule has 6 nitrogen and oxygen atoms in total. The Morgan fingerprint density at radius 2 is 2.10 bits per heavy atom. The van der Waals surface area contributed by atoms with Crippen LogP contribution in [0.3, 0.4) is 0 Å². The lowest BCUT2D eigenvalue weighted by Crippen LogP contribution is -2.25. The quantitative estimate of drug-likeness (QED) is 0.805. The topological polar surface area (TPSA) is 80.2 Å². The van der Waals surface area contributed by atoms with E-state index >= 15 is 0 Å². The van der Waals surface area contributed by atoms with Crippen LogP contribution in [-0.2, 0) is 4.74 Å². The van der Waals surface area contributed by atoms with Crippen LogP contribution in [-0.4, -0.2) is 46.2 Å². The molecule has 2 N–H and O–H groups in total. The second-order valence-corrected chi connectivity index (χ2v) is 4.37. The third kappa shape index (κ3) is 4.73. The third-order valence-corrected chi connectivity index (χ3v) is 2.71. The first-order valence-electron chi connectivity index (χ1n) is 6.64. The molecular formula is C14H17FN4O2. The Morgan fingerprint density at radius 3 is 2.81 bits per heavy atom. The molecule has 2 aromatic rings. The van der Waals surface area contributed by atoms with E-state index in [2.05, 4.69) is 20.5 Å². The van der Waals surface area contributed by atoms with Gasteiger partial charge in [0.2, 0.25) is 5.95 Å². The molecule has 0 amide bonds. The number of aliphatic hydroxyl groups is 1. The van der Waals surface area contributed by atoms with Gasteiger partial charge < -0.3 is 15.2 Å². The normalized spacial score (nSPS) is 12.1. The van der Waals surface area contributed by atoms with Gasteiger partial charge in [0.1, 0.15) is 5.82 Å². The SMILES string of the molecule is CCOCC(O)CNc1nncc(-c2ccc(F)cc2)n1. The van der Waals surface area contributed by atoms with Crippen LogP contribution in [0.4, 0.5) is 10.3 Å². The second-order valence-electron chi connectivity index (χ2n) is 4.37. The van der Waals surface area contributed by atoms with Gasteiger partial charge >= 0.3 is 0 Å². The predicted molar refractivity (Wildman–Crippen MR) is 76.2 cm³/mol. The number of benzene rings is 1. The fraction of sp³-hybridized carbons (Fsp3) is 0.357. The van der Waals surface area contributed by atoms with E-state index in [1.807, 2.05) is 6.92 Å². The van der Waals surface area contributed by atoms with Crippen LogP contribution in [0.1, 0.15) is 6.92 Å². The van der Waals surface area contributed by atoms with E-state index in [4.69, 9.17) is 4.74 Å². The monoisotopic (exact) mass is 292 g/mol. The molecule has 2 rings (SSSR count). The number of rotatable bonds is 7. The number of ether oxygens (including phenoxy) is 1. The number of halogens is 1. The summed E-state index contributed by atoms with van der Waals surface area (Å²) in [4.78, 5) is 4.27. The van der Waals surface area contributed by atoms with Crippen LogP contribution in [0, 0.1) is 5.82 Å². The predicted octanol–water partition coefficient (Wildman–Crippen LogP) is 1.49. The van der Waals surface area contributed by atoms with Crippen LogP contribution in [0.2, 0.25) is 0 Å². The summed E-state index contributed by atoms with van der Waals surface area (Å²) in [6.07, 6.45) is 0.845. The molecule has 0 bridgehead atoms. The van der Waals surface area contributed by atoms with Crippen molar-refractivity contribution in [3.05, 3.63) is 36.3 Å². The number of hydrogen-bond donors (Lipinski definition) is 2. The minimum Gasteiger partial charge on any atom is -0.389 e. The summed E-state index contributed by atoms with van der Waals surface area (Å²) in [5.74, 6) is -0.00877. The maximum atomic E-state index is 12.9. The van der Waals surface area contributed by atoms with E-state index in [1.165, 1.54) is 18.3 Å². The van der Waals surface area contributed by atoms with E-state index in [0.717, 1.165) is 5.56 Å². The summed E-state index contributed by atoms with van der Waals surface area (Å²) in [6.45, 7) is 2.91. The molecule has 1 atom stereocenters. The Kier molecular flexibility index (Phi) is 5.53. The van der Waals surface area contributed by atoms with Gasteiger partial charge in [-0.3, -0.25) is 0 Å². The standard InChI is InChI=1S/C14H17FN4O2/c1-2-21-9-12(20)7-16-14-18-13(8-17-19-14)10-3-5-11(15)6-4-10/h3-6,8,12,20H,2,7,9H2,1H3,(H,16,18,19). The van der Waals surface area contributed by atoms with Crippen LogP contribution in [0.5, 0.6) is 0 Å². The zero-order valence-corrected chi connectivity index (χ0v) is 11.7. The lowest BCUT2D eigenvalue weighted by Gasteiger charge is -2.11. The summed E-state index contributed by atoms with van der Waals surface area (Å²) in [5, 5.41) is 20.2. The Morgan fingerprint density at radius 1 is 1.33 bits per heavy atom. The number of nitrogens with one attached hydrogen (secondary N) is 1. The summed E-state index contributed by atoms with van der Waals surface area (Å²) in [7, 11) is 0. The van der Waals surface area contributed by atoms with Crippen LogP contribution < -0.4 is 5.32 Å². The molecule has 0 aliphatic heterocycles. The average molecular weight is 292 g/mol. The molecular weight excluding hydrogens is 275 g/mol. The first-order valence-corrected chi connectivity index (χ1v) is 6.64. The molecule has 0 saturated heterocycles. The maximum absolute atomic E-state index is 12.9. The average Bonchev–Trinajstić information content (AvgIpc) is 2.52. The van der Waals surface area contributed by atoms with Crippen LogP contribution in [0.25, 0.3) is 11.3 Å². The van der Waals surface area contributed by atoms with Gasteiger partial charge in [0.25, 0.3) is 0 Å². The highest BCUT2D eigenvalue weighted by Crippen LogP contribution is 2.16. The van der Waals surface area contributed by atoms with E-state index in [1.54, 1.807) is 12.1 Å². The van der Waals surface area contributed by atoms with Crippen molar-refractivity contribution in [3.63, 3.8) is 0 Å². The molecule has 0 aliphatic carbocycles. The molecule has 7 heteroatoms. The van der Waals surface area contributed by atoms with Crippen molar-refractivity contribution >= 4 is 5.95 Å². The number of aromatic nitrogens is 3. The number of hydrogen-bond acceptors (Lipinski definition) is 6. The van der Waals surface area contributed by atoms with Gasteiger partial charge in [0.15, 0.2) is 0 Å². The van der Waals surface area contributed by atoms with Gasteiger partial charge in [0, 0.05) is 18.7 Å². The van der Waals surface area contributed by atoms with Crippen LogP contribution in [0.15, 0.2) is 30.5 Å². The highest BCUT2D eigenvalue weighted by molar-refractivity contribution is 5.58. The summed E-state index contributed by atoms with van der Waals surface area (Å²) in [6, 6.07) is 5.95. The second kappa shape index (κ2) is 7.61. The lowest BCUT2D eigenvalue weighted by molar-refractivity contribution is 0.0495. The van der Waals surface area contributed by atoms with E-state index in [9.17, 15) is 9.50 Å². The zero-order chi connectivity index (χ0) is 15.1. The van der Waals surface area contributed by atoms with Crippen molar-refractivity contribution in [2.24, 2.45) is 0 Å². The van der Waals surface area contributed by atoms with E-state index in [-0.39, 0.29) is 19.0 Å². The van der Waals surface area contributed by atoms with Gasteiger partial charge in [-0.25, -0.2) is 9.37 Å². The minimum atomic E-state index is -0.650. The van der Waals surface area contributed by atoms with Crippen molar-refractivity contribution in [1.82, 2.24) is 15.2 Å². The molecule has 0 spiro atoms. The highest BCUT2D eigenvalue weighted by Gasteiger charge is 2.07. The smallest absolute Gasteiger partial charge is 0.243 e. The minimum absolute atomic E-state index is 0.245. The van der Waals surface area contributed by atoms with Crippen molar-refractivity contribution in [2.45, 2.75) is 13.0 Å². The fourth-order valence-corrected chi connectivity index (χ4v) is 1.66. The molecule has 0 aliphatic rings. The van der Waals surface area contributed by atoms with E-state index < -0.39 is 6.10 Å². The van der Waals surface area contributed by atoms with Gasteiger partial charge in [0.05, 0.1) is 24.6 Å². The molecule has 1 aromatic heterocycles. The van der Waals surface area contributed by atoms with Crippen LogP contribution >= 0.6 is 0 Å². The Hall–Kier alpha value is -2.12. The molecule has 1 unspecified atom stereocenters. The molecule has 112 valence electrons. The third-order valence-electron chi connectivity index (χ3n) is 2.71. The van der Waals surface area contributed by atoms with Gasteiger partial charge in [-0.05, 0) is 31.2 Å². The van der Waals surface area contributed by atoms with Gasteiger partial charge in [-0.1, -0.05) is 0 Å². The fourth-order valence-electron chi connectivity index (χ4n) is 1.66. The summed E-state index contributed by atoms with van der Waals surface area (Å²) < 4.78 is 18.0. The number of nitrogens with zero attached hydrogens (tertiary/aromatic N) is 3. The Labute approximate surface area is 122 Å². The molecule has 1 aromatic carbocycles. The summed E-state index contributed by atoms with van der Waals surface area (Å²) >= 11 is 0. The van der Waals surface area contributed by atoms with Crippen molar-refractivity contribution in [3.8, 4) is 11.3 Å². The molecule has 0 saturated carbocycles. The first-order chi connectivity index (χ1) is 10.2. The Balaban J connectivity index is 1.99. The maximum Gasteiger partial charge on any atom is 0.243 e. The Bertz CT molecular complexity index is 565. The highest BCUT2D eigenvalue weighted by atomic mass is 19.1. The summed E-state index contributed by atoms with van der Waals surface area (Å²) in [5.41, 5.74) is 1.32. The van der Waals surface area contributed by atoms with Crippen molar-refractivity contribution in [1.29, 1.82) is 0 Å². The largest absolute Gasteiger partial charge is 0.389 e. The lowest BCUT2D eigenvalue weighted by atomic mass is 10.2. The first kappa shape index (κ1) is 15.3. The molecule has 0 fully saturated rings.